The summed E-state index contributed by atoms with van der Waals surface area (Å²) in [4.78, 5) is 28.7. The molecule has 0 spiro atoms. The summed E-state index contributed by atoms with van der Waals surface area (Å²) >= 11 is 0. The minimum atomic E-state index is -0.118. The molecule has 0 fully saturated rings. The Balaban J connectivity index is 0.000000225. The van der Waals surface area contributed by atoms with E-state index in [0.29, 0.717) is 17.9 Å². The van der Waals surface area contributed by atoms with Gasteiger partial charge in [-0.05, 0) is 69.5 Å². The quantitative estimate of drug-likeness (QED) is 0.0283. The predicted octanol–water partition coefficient (Wildman–Crippen LogP) is 22.6. The fraction of sp³-hybridized carbons (Fsp3) is 0.144. The molecule has 16 rings (SSSR count). The molecule has 1 aliphatic carbocycles. The van der Waals surface area contributed by atoms with Crippen LogP contribution < -0.4 is 0 Å². The molecule has 4 aromatic heterocycles. The van der Waals surface area contributed by atoms with Gasteiger partial charge in [-0.1, -0.05) is 145 Å². The molecule has 6 heterocycles. The molecule has 578 valence electrons. The maximum atomic E-state index is 9.83. The monoisotopic (exact) mass is 2030 g/mol. The number of nitrogens with zero attached hydrogens (tertiary/aromatic N) is 7. The molecular formula is C97H91N7O4PPt3-5. The van der Waals surface area contributed by atoms with Crippen LogP contribution in [-0.2, 0) is 85.3 Å². The number of rotatable bonds is 14. The van der Waals surface area contributed by atoms with E-state index in [1.165, 1.54) is 35.4 Å². The molecule has 0 atom stereocenters. The third-order valence-electron chi connectivity index (χ3n) is 15.9. The van der Waals surface area contributed by atoms with Crippen LogP contribution in [0.4, 0.5) is 11.4 Å². The van der Waals surface area contributed by atoms with Crippen LogP contribution in [0.3, 0.4) is 0 Å². The molecule has 9 aromatic carbocycles. The molecule has 11 nitrogen and oxygen atoms in total. The Kier molecular flexibility index (Phi) is 45.9. The van der Waals surface area contributed by atoms with Crippen LogP contribution in [0.25, 0.3) is 55.5 Å². The first-order chi connectivity index (χ1) is 53.6. The van der Waals surface area contributed by atoms with Crippen LogP contribution in [0.1, 0.15) is 77.1 Å². The van der Waals surface area contributed by atoms with E-state index < -0.39 is 0 Å². The molecule has 3 aliphatic rings. The summed E-state index contributed by atoms with van der Waals surface area (Å²) in [5.74, 6) is 0.0962. The van der Waals surface area contributed by atoms with Crippen LogP contribution >= 0.6 is 7.92 Å². The van der Waals surface area contributed by atoms with E-state index in [2.05, 4.69) is 117 Å². The van der Waals surface area contributed by atoms with E-state index in [1.807, 2.05) is 285 Å². The molecule has 15 heteroatoms. The molecular weight excluding hydrogens is 1940 g/mol. The third kappa shape index (κ3) is 35.2. The smallest absolute Gasteiger partial charge is 0.688 e. The number of hydrogen-bond acceptors (Lipinski definition) is 8. The number of aromatic nitrogens is 4. The first kappa shape index (κ1) is 92.1. The SMILES string of the molecule is CN1CO[C-]=C1c1ccccn1.C[N-]c1ccccc1[N-]C.C[PH+](C)Cc1[c-]cccc1.OC(=CC(=[OH+])c1ccccc1)c1ccccc1.[C-]1=C(c2ccccn2)CCC1.[C-]1=C(c2ccccn2)CCCO1.[Pt+2].[Pt+2].[Pt].[c-]1ccccc1-c1[c-]cccc1.[c-]1ccccc1-c1[c-]cccc1.[c-]1ccccc1Cc1ccccn1. The van der Waals surface area contributed by atoms with Gasteiger partial charge >= 0.3 is 47.9 Å². The topological polar surface area (TPSA) is 143 Å². The van der Waals surface area contributed by atoms with Crippen molar-refractivity contribution in [2.75, 3.05) is 47.8 Å². The molecule has 2 N–H and O–H groups in total. The van der Waals surface area contributed by atoms with Crippen molar-refractivity contribution >= 4 is 47.7 Å². The van der Waals surface area contributed by atoms with Gasteiger partial charge in [-0.2, -0.15) is 186 Å². The van der Waals surface area contributed by atoms with Gasteiger partial charge in [0.2, 0.25) is 0 Å². The van der Waals surface area contributed by atoms with Gasteiger partial charge in [0.05, 0.1) is 24.4 Å². The first-order valence-corrected chi connectivity index (χ1v) is 38.7. The normalized spacial score (nSPS) is 11.7. The number of benzene rings is 9. The average Bonchev–Trinajstić information content (AvgIpc) is 1.69. The van der Waals surface area contributed by atoms with E-state index in [4.69, 9.17) is 9.47 Å². The van der Waals surface area contributed by atoms with Crippen LogP contribution in [-0.4, -0.2) is 88.3 Å². The Morgan fingerprint density at radius 3 is 1.27 bits per heavy atom. The summed E-state index contributed by atoms with van der Waals surface area (Å²) in [7, 11) is 5.37. The van der Waals surface area contributed by atoms with E-state index in [0.717, 1.165) is 106 Å². The van der Waals surface area contributed by atoms with Gasteiger partial charge in [0.15, 0.2) is 0 Å². The Morgan fingerprint density at radius 1 is 0.464 bits per heavy atom. The number of aliphatic hydroxyl groups excluding tert-OH is 1. The standard InChI is InChI=1S/C15H12O2.C12H10N.2C12H8.C10H10NO.C10H10N.C9H9N2O.C9H12P.C8H10N2.3Pt/c16-14(12-7-3-1-4-8-12)11-15(17)13-9-5-2-6-10-13;1-2-6-11(7-3-1)10-12-8-4-5-9-13-12;2*1-3-7-11(8-4-1)12-9-5-2-6-10-12;1-2-6-11-10(5-1)9-4-3-7-12-8-9;1-2-6-9(5-1)10-7-3-4-8-11-10;1-11-7-12-6-9(11)8-4-2-3-5-10-8;1-10(2)8-9-6-4-3-5-7-9;1-9-7-5-3-4-6-8(7)10-2;;;/h1-11,16H;1-6,8-9H,10H2;2*1-7,9H;1-2,5-6H,3-4,7H2;3-4,7-8H,1-2,5H2;2-5H,7H2,1H3;3-6H,8H2,1-2H3;3-6H,1-2H3;;;/q;-1;2*-2;4*-1;-2;;2*+2/p+2. The number of aliphatic hydroxyl groups is 1. The Bertz CT molecular complexity index is 4500. The molecule has 0 amide bonds. The van der Waals surface area contributed by atoms with E-state index in [-0.39, 0.29) is 82.7 Å². The molecule has 0 bridgehead atoms. The fourth-order valence-corrected chi connectivity index (χ4v) is 11.4. The second-order valence-electron chi connectivity index (χ2n) is 24.5. The maximum Gasteiger partial charge on any atom is 2.00 e. The van der Waals surface area contributed by atoms with Gasteiger partial charge in [-0.25, -0.2) is 22.3 Å². The number of pyridine rings is 4. The van der Waals surface area contributed by atoms with Crippen molar-refractivity contribution in [3.05, 3.63) is 445 Å². The summed E-state index contributed by atoms with van der Waals surface area (Å²) in [6.45, 7) is 6.00. The van der Waals surface area contributed by atoms with Crippen molar-refractivity contribution in [3.63, 3.8) is 0 Å². The number of para-hydroxylation sites is 2. The first-order valence-electron chi connectivity index (χ1n) is 36.0. The van der Waals surface area contributed by atoms with E-state index >= 15 is 0 Å². The van der Waals surface area contributed by atoms with E-state index in [9.17, 15) is 9.90 Å². The van der Waals surface area contributed by atoms with Gasteiger partial charge in [0.25, 0.3) is 0 Å². The van der Waals surface area contributed by atoms with Gasteiger partial charge in [0, 0.05) is 77.5 Å². The number of ether oxygens (including phenoxy) is 2. The molecule has 2 aliphatic heterocycles. The molecule has 0 unspecified atom stereocenters. The predicted molar refractivity (Wildman–Crippen MR) is 450 cm³/mol. The number of ketones is 1. The molecule has 0 saturated carbocycles. The van der Waals surface area contributed by atoms with Gasteiger partial charge in [-0.15, -0.1) is 68.5 Å². The number of carbonyl (C=O) groups excluding carboxylic acids is 1. The number of allylic oxidation sites excluding steroid dienone is 4. The summed E-state index contributed by atoms with van der Waals surface area (Å²) < 4.78 is 10.1. The van der Waals surface area contributed by atoms with Crippen molar-refractivity contribution in [3.8, 4) is 22.3 Å². The Morgan fingerprint density at radius 2 is 0.884 bits per heavy atom. The molecule has 13 aromatic rings. The minimum absolute atomic E-state index is 0. The Labute approximate surface area is 708 Å². The van der Waals surface area contributed by atoms with Crippen molar-refractivity contribution in [1.82, 2.24) is 24.8 Å². The van der Waals surface area contributed by atoms with Gasteiger partial charge in [-0.3, -0.25) is 15.9 Å². The second kappa shape index (κ2) is 55.8. The summed E-state index contributed by atoms with van der Waals surface area (Å²) in [5.41, 5.74) is 17.5. The molecule has 0 radical (unpaired) electrons. The minimum Gasteiger partial charge on any atom is -0.688 e. The largest absolute Gasteiger partial charge is 2.00 e. The maximum absolute atomic E-state index is 9.83. The second-order valence-corrected chi connectivity index (χ2v) is 27.2. The van der Waals surface area contributed by atoms with E-state index in [1.54, 1.807) is 50.8 Å². The fourth-order valence-electron chi connectivity index (χ4n) is 10.4. The van der Waals surface area contributed by atoms with Crippen LogP contribution in [0.5, 0.6) is 0 Å². The van der Waals surface area contributed by atoms with Crippen LogP contribution in [0.15, 0.2) is 334 Å². The van der Waals surface area contributed by atoms with Crippen LogP contribution in [0, 0.1) is 55.0 Å². The van der Waals surface area contributed by atoms with Crippen molar-refractivity contribution in [2.24, 2.45) is 0 Å². The summed E-state index contributed by atoms with van der Waals surface area (Å²) in [6.07, 6.45) is 25.3. The average molecular weight is 2040 g/mol. The van der Waals surface area contributed by atoms with Crippen molar-refractivity contribution in [1.29, 1.82) is 0 Å². The molecule has 0 saturated heterocycles. The zero-order valence-corrected chi connectivity index (χ0v) is 71.2. The zero-order valence-electron chi connectivity index (χ0n) is 63.4. The summed E-state index contributed by atoms with van der Waals surface area (Å²) in [5, 5.41) is 17.9. The van der Waals surface area contributed by atoms with Crippen molar-refractivity contribution < 1.29 is 82.6 Å². The summed E-state index contributed by atoms with van der Waals surface area (Å²) in [6, 6.07) is 117. The van der Waals surface area contributed by atoms with Crippen LogP contribution in [0.2, 0.25) is 0 Å². The molecule has 112 heavy (non-hydrogen) atoms. The third-order valence-corrected chi connectivity index (χ3v) is 16.9. The number of hydrogen-bond donors (Lipinski definition) is 1. The van der Waals surface area contributed by atoms with Gasteiger partial charge < -0.3 is 45.1 Å². The zero-order chi connectivity index (χ0) is 76.4. The Hall–Kier alpha value is -10.5. The van der Waals surface area contributed by atoms with Crippen molar-refractivity contribution in [2.45, 2.75) is 44.7 Å². The van der Waals surface area contributed by atoms with Gasteiger partial charge in [0.1, 0.15) is 12.5 Å².